The van der Waals surface area contributed by atoms with Crippen LogP contribution in [0.3, 0.4) is 0 Å². The highest BCUT2D eigenvalue weighted by Crippen LogP contribution is 2.25. The number of carbonyl (C=O) groups is 2. The Morgan fingerprint density at radius 2 is 2.17 bits per heavy atom. The van der Waals surface area contributed by atoms with Crippen molar-refractivity contribution in [3.05, 3.63) is 40.4 Å². The number of hydrogen-bond acceptors (Lipinski definition) is 3. The fourth-order valence-electron chi connectivity index (χ4n) is 1.21. The molecule has 1 amide bonds. The van der Waals surface area contributed by atoms with Gasteiger partial charge in [-0.2, -0.15) is 0 Å². The molecule has 96 valence electrons. The van der Waals surface area contributed by atoms with Crippen molar-refractivity contribution >= 4 is 27.8 Å². The van der Waals surface area contributed by atoms with Crippen molar-refractivity contribution in [3.63, 3.8) is 0 Å². The maximum Gasteiger partial charge on any atom is 0.328 e. The van der Waals surface area contributed by atoms with Gasteiger partial charge in [-0.05, 0) is 33.6 Å². The van der Waals surface area contributed by atoms with Gasteiger partial charge in [-0.3, -0.25) is 4.79 Å². The quantitative estimate of drug-likeness (QED) is 0.812. The minimum absolute atomic E-state index is 0.311. The number of aliphatic carboxylic acids is 1. The van der Waals surface area contributed by atoms with Gasteiger partial charge >= 0.3 is 5.97 Å². The van der Waals surface area contributed by atoms with Crippen LogP contribution in [0.25, 0.3) is 0 Å². The maximum atomic E-state index is 11.2. The van der Waals surface area contributed by atoms with Gasteiger partial charge in [0.1, 0.15) is 5.75 Å². The van der Waals surface area contributed by atoms with Crippen LogP contribution in [0.2, 0.25) is 0 Å². The van der Waals surface area contributed by atoms with E-state index >= 15 is 0 Å². The van der Waals surface area contributed by atoms with E-state index in [2.05, 4.69) is 21.2 Å². The van der Waals surface area contributed by atoms with E-state index in [-0.39, 0.29) is 0 Å². The summed E-state index contributed by atoms with van der Waals surface area (Å²) in [6.07, 6.45) is 1.76. The number of benzene rings is 1. The second-order valence-corrected chi connectivity index (χ2v) is 4.21. The minimum atomic E-state index is -1.16. The van der Waals surface area contributed by atoms with Gasteiger partial charge in [0.05, 0.1) is 11.6 Å². The van der Waals surface area contributed by atoms with Crippen LogP contribution in [-0.4, -0.2) is 24.1 Å². The lowest BCUT2D eigenvalue weighted by molar-refractivity contribution is -0.131. The fraction of sp³-hybridized carbons (Fsp3) is 0.167. The van der Waals surface area contributed by atoms with Crippen LogP contribution in [0.5, 0.6) is 5.75 Å². The first-order valence-electron chi connectivity index (χ1n) is 5.04. The van der Waals surface area contributed by atoms with Crippen LogP contribution in [0, 0.1) is 0 Å². The first-order valence-corrected chi connectivity index (χ1v) is 5.83. The lowest BCUT2D eigenvalue weighted by Gasteiger charge is -2.06. The molecule has 0 fully saturated rings. The number of amides is 1. The van der Waals surface area contributed by atoms with E-state index in [1.807, 2.05) is 12.1 Å². The van der Waals surface area contributed by atoms with Crippen molar-refractivity contribution in [2.24, 2.45) is 0 Å². The molecule has 1 aromatic rings. The smallest absolute Gasteiger partial charge is 0.328 e. The summed E-state index contributed by atoms with van der Waals surface area (Å²) in [4.78, 5) is 21.4. The van der Waals surface area contributed by atoms with Crippen molar-refractivity contribution in [1.29, 1.82) is 0 Å². The monoisotopic (exact) mass is 313 g/mol. The summed E-state index contributed by atoms with van der Waals surface area (Å²) in [5.41, 5.74) is 0.875. The van der Waals surface area contributed by atoms with Gasteiger partial charge in [-0.1, -0.05) is 6.07 Å². The molecule has 0 aliphatic rings. The SMILES string of the molecule is COc1ccc(CNC(=O)/C=C/C(=O)O)cc1Br. The molecule has 0 aromatic heterocycles. The predicted octanol–water partition coefficient (Wildman–Crippen LogP) is 1.71. The van der Waals surface area contributed by atoms with E-state index in [0.29, 0.717) is 12.3 Å². The van der Waals surface area contributed by atoms with E-state index in [1.54, 1.807) is 13.2 Å². The molecule has 1 aromatic carbocycles. The molecule has 1 rings (SSSR count). The predicted molar refractivity (Wildman–Crippen MR) is 69.3 cm³/mol. The third-order valence-electron chi connectivity index (χ3n) is 2.06. The molecular weight excluding hydrogens is 302 g/mol. The summed E-state index contributed by atoms with van der Waals surface area (Å²) >= 11 is 3.33. The Balaban J connectivity index is 2.56. The number of rotatable bonds is 5. The first kappa shape index (κ1) is 14.2. The average Bonchev–Trinajstić information content (AvgIpc) is 2.34. The molecular formula is C12H12BrNO4. The molecule has 0 aliphatic heterocycles. The van der Waals surface area contributed by atoms with E-state index < -0.39 is 11.9 Å². The average molecular weight is 314 g/mol. The fourth-order valence-corrected chi connectivity index (χ4v) is 1.80. The Morgan fingerprint density at radius 1 is 1.44 bits per heavy atom. The molecule has 18 heavy (non-hydrogen) atoms. The number of halogens is 1. The number of ether oxygens (including phenoxy) is 1. The van der Waals surface area contributed by atoms with E-state index in [4.69, 9.17) is 9.84 Å². The zero-order valence-electron chi connectivity index (χ0n) is 9.64. The lowest BCUT2D eigenvalue weighted by Crippen LogP contribution is -2.20. The zero-order chi connectivity index (χ0) is 13.5. The van der Waals surface area contributed by atoms with Crippen LogP contribution in [-0.2, 0) is 16.1 Å². The summed E-state index contributed by atoms with van der Waals surface area (Å²) in [6, 6.07) is 5.41. The van der Waals surface area contributed by atoms with Crippen LogP contribution in [0.15, 0.2) is 34.8 Å². The van der Waals surface area contributed by atoms with Crippen LogP contribution < -0.4 is 10.1 Å². The molecule has 2 N–H and O–H groups in total. The number of hydrogen-bond donors (Lipinski definition) is 2. The normalized spacial score (nSPS) is 10.3. The third-order valence-corrected chi connectivity index (χ3v) is 2.68. The first-order chi connectivity index (χ1) is 8.52. The highest BCUT2D eigenvalue weighted by Gasteiger charge is 2.02. The van der Waals surface area contributed by atoms with Crippen molar-refractivity contribution in [3.8, 4) is 5.75 Å². The van der Waals surface area contributed by atoms with Crippen LogP contribution in [0.4, 0.5) is 0 Å². The second kappa shape index (κ2) is 6.80. The summed E-state index contributed by atoms with van der Waals surface area (Å²) in [6.45, 7) is 0.311. The molecule has 0 heterocycles. The summed E-state index contributed by atoms with van der Waals surface area (Å²) < 4.78 is 5.87. The van der Waals surface area contributed by atoms with Gasteiger partial charge in [0.2, 0.25) is 5.91 Å². The Morgan fingerprint density at radius 3 is 2.72 bits per heavy atom. The number of carboxylic acids is 1. The molecule has 0 unspecified atom stereocenters. The van der Waals surface area contributed by atoms with Crippen molar-refractivity contribution in [1.82, 2.24) is 5.32 Å². The van der Waals surface area contributed by atoms with Crippen molar-refractivity contribution in [2.75, 3.05) is 7.11 Å². The van der Waals surface area contributed by atoms with Crippen molar-refractivity contribution < 1.29 is 19.4 Å². The molecule has 6 heteroatoms. The zero-order valence-corrected chi connectivity index (χ0v) is 11.2. The molecule has 0 spiro atoms. The van der Waals surface area contributed by atoms with Gasteiger partial charge in [0.15, 0.2) is 0 Å². The third kappa shape index (κ3) is 4.58. The minimum Gasteiger partial charge on any atom is -0.496 e. The summed E-state index contributed by atoms with van der Waals surface area (Å²) in [5, 5.41) is 10.9. The van der Waals surface area contributed by atoms with Gasteiger partial charge in [-0.25, -0.2) is 4.79 Å². The number of carboxylic acid groups (broad SMARTS) is 1. The molecule has 0 bridgehead atoms. The Bertz CT molecular complexity index is 485. The van der Waals surface area contributed by atoms with Gasteiger partial charge < -0.3 is 15.2 Å². The largest absolute Gasteiger partial charge is 0.496 e. The molecule has 0 atom stereocenters. The van der Waals surface area contributed by atoms with Crippen LogP contribution >= 0.6 is 15.9 Å². The topological polar surface area (TPSA) is 75.6 Å². The van der Waals surface area contributed by atoms with E-state index in [0.717, 1.165) is 22.2 Å². The molecule has 0 saturated heterocycles. The number of nitrogens with one attached hydrogen (secondary N) is 1. The maximum absolute atomic E-state index is 11.2. The number of carbonyl (C=O) groups excluding carboxylic acids is 1. The van der Waals surface area contributed by atoms with E-state index in [1.165, 1.54) is 0 Å². The molecule has 0 radical (unpaired) electrons. The van der Waals surface area contributed by atoms with Gasteiger partial charge in [-0.15, -0.1) is 0 Å². The van der Waals surface area contributed by atoms with Gasteiger partial charge in [0, 0.05) is 18.7 Å². The van der Waals surface area contributed by atoms with Crippen LogP contribution in [0.1, 0.15) is 5.56 Å². The number of methoxy groups -OCH3 is 1. The van der Waals surface area contributed by atoms with Crippen molar-refractivity contribution in [2.45, 2.75) is 6.54 Å². The Kier molecular flexibility index (Phi) is 5.38. The highest BCUT2D eigenvalue weighted by molar-refractivity contribution is 9.10. The molecule has 0 saturated carbocycles. The summed E-state index contributed by atoms with van der Waals surface area (Å²) in [5.74, 6) is -0.905. The molecule has 0 aliphatic carbocycles. The lowest BCUT2D eigenvalue weighted by atomic mass is 10.2. The van der Waals surface area contributed by atoms with Gasteiger partial charge in [0.25, 0.3) is 0 Å². The molecule has 5 nitrogen and oxygen atoms in total. The Hall–Kier alpha value is -1.82. The summed E-state index contributed by atoms with van der Waals surface area (Å²) in [7, 11) is 1.57. The second-order valence-electron chi connectivity index (χ2n) is 3.36. The Labute approximate surface area is 113 Å². The van der Waals surface area contributed by atoms with E-state index in [9.17, 15) is 9.59 Å². The highest BCUT2D eigenvalue weighted by atomic mass is 79.9. The standard InChI is InChI=1S/C12H12BrNO4/c1-18-10-3-2-8(6-9(10)13)7-14-11(15)4-5-12(16)17/h2-6H,7H2,1H3,(H,14,15)(H,16,17)/b5-4+.